The molecule has 0 radical (unpaired) electrons. The Hall–Kier alpha value is -2.64. The average Bonchev–Trinajstić information content (AvgIpc) is 2.52. The molecule has 8 heteroatoms. The number of anilines is 1. The van der Waals surface area contributed by atoms with Gasteiger partial charge in [0.15, 0.2) is 0 Å². The lowest BCUT2D eigenvalue weighted by Crippen LogP contribution is -2.24. The smallest absolute Gasteiger partial charge is 0.363 e. The summed E-state index contributed by atoms with van der Waals surface area (Å²) in [6, 6.07) is 5.74. The summed E-state index contributed by atoms with van der Waals surface area (Å²) in [6.45, 7) is 0.0849. The van der Waals surface area contributed by atoms with Gasteiger partial charge in [-0.2, -0.15) is 13.2 Å². The van der Waals surface area contributed by atoms with Crippen molar-refractivity contribution in [2.75, 3.05) is 19.0 Å². The summed E-state index contributed by atoms with van der Waals surface area (Å²) in [5.41, 5.74) is -0.655. The van der Waals surface area contributed by atoms with E-state index in [1.807, 2.05) is 14.1 Å². The largest absolute Gasteiger partial charge is 0.416 e. The number of hydrogen-bond acceptors (Lipinski definition) is 4. The molecule has 1 amide bonds. The van der Waals surface area contributed by atoms with Gasteiger partial charge in [-0.3, -0.25) is 4.79 Å². The Balaban J connectivity index is 2.01. The number of hydrogen-bond donors (Lipinski definition) is 1. The summed E-state index contributed by atoms with van der Waals surface area (Å²) < 4.78 is 37.4. The van der Waals surface area contributed by atoms with Crippen molar-refractivity contribution >= 4 is 11.7 Å². The number of nitrogens with zero attached hydrogens (tertiary/aromatic N) is 3. The first-order valence-electron chi connectivity index (χ1n) is 6.72. The van der Waals surface area contributed by atoms with Gasteiger partial charge in [-0.25, -0.2) is 9.97 Å². The Labute approximate surface area is 131 Å². The molecule has 0 atom stereocenters. The summed E-state index contributed by atoms with van der Waals surface area (Å²) >= 11 is 0. The second kappa shape index (κ2) is 6.64. The minimum Gasteiger partial charge on any atom is -0.363 e. The lowest BCUT2D eigenvalue weighted by molar-refractivity contribution is -0.137. The van der Waals surface area contributed by atoms with Crippen LogP contribution in [0.25, 0.3) is 0 Å². The number of alkyl halides is 3. The Morgan fingerprint density at radius 2 is 1.83 bits per heavy atom. The monoisotopic (exact) mass is 324 g/mol. The highest BCUT2D eigenvalue weighted by molar-refractivity contribution is 5.94. The number of carbonyl (C=O) groups is 1. The summed E-state index contributed by atoms with van der Waals surface area (Å²) in [6.07, 6.45) is -2.85. The third-order valence-electron chi connectivity index (χ3n) is 3.03. The van der Waals surface area contributed by atoms with E-state index in [4.69, 9.17) is 0 Å². The third kappa shape index (κ3) is 4.41. The predicted octanol–water partition coefficient (Wildman–Crippen LogP) is 2.49. The molecule has 0 aliphatic carbocycles. The topological polar surface area (TPSA) is 58.1 Å². The van der Waals surface area contributed by atoms with Gasteiger partial charge in [0, 0.05) is 25.9 Å². The molecule has 1 aromatic heterocycles. The van der Waals surface area contributed by atoms with Gasteiger partial charge >= 0.3 is 6.18 Å². The summed E-state index contributed by atoms with van der Waals surface area (Å²) in [5.74, 6) is 0.618. The van der Waals surface area contributed by atoms with Crippen LogP contribution in [0.1, 0.15) is 21.7 Å². The van der Waals surface area contributed by atoms with Crippen molar-refractivity contribution in [3.8, 4) is 0 Å². The Morgan fingerprint density at radius 3 is 2.39 bits per heavy atom. The van der Waals surface area contributed by atoms with Crippen molar-refractivity contribution in [1.82, 2.24) is 15.3 Å². The number of carbonyl (C=O) groups excluding carboxylic acids is 1. The highest BCUT2D eigenvalue weighted by Crippen LogP contribution is 2.29. The van der Waals surface area contributed by atoms with E-state index in [1.165, 1.54) is 0 Å². The van der Waals surface area contributed by atoms with E-state index in [0.717, 1.165) is 24.3 Å². The van der Waals surface area contributed by atoms with Crippen LogP contribution < -0.4 is 10.2 Å². The Bertz CT molecular complexity index is 684. The molecule has 0 aliphatic heterocycles. The molecular weight excluding hydrogens is 309 g/mol. The van der Waals surface area contributed by atoms with E-state index in [1.54, 1.807) is 17.2 Å². The number of nitrogens with one attached hydrogen (secondary N) is 1. The van der Waals surface area contributed by atoms with Crippen LogP contribution in [-0.2, 0) is 12.7 Å². The number of halogens is 3. The average molecular weight is 324 g/mol. The maximum absolute atomic E-state index is 12.5. The first-order chi connectivity index (χ1) is 10.8. The van der Waals surface area contributed by atoms with Gasteiger partial charge in [0.2, 0.25) is 0 Å². The fraction of sp³-hybridized carbons (Fsp3) is 0.267. The number of amides is 1. The first-order valence-corrected chi connectivity index (χ1v) is 6.72. The van der Waals surface area contributed by atoms with Crippen molar-refractivity contribution in [3.05, 3.63) is 53.5 Å². The van der Waals surface area contributed by atoms with Crippen LogP contribution in [0.2, 0.25) is 0 Å². The molecule has 0 fully saturated rings. The number of aromatic nitrogens is 2. The molecule has 1 N–H and O–H groups in total. The van der Waals surface area contributed by atoms with Crippen molar-refractivity contribution in [2.45, 2.75) is 12.7 Å². The van der Waals surface area contributed by atoms with Gasteiger partial charge in [0.1, 0.15) is 11.6 Å². The van der Waals surface area contributed by atoms with E-state index in [9.17, 15) is 18.0 Å². The molecule has 1 heterocycles. The van der Waals surface area contributed by atoms with Crippen LogP contribution in [-0.4, -0.2) is 30.0 Å². The van der Waals surface area contributed by atoms with Crippen LogP contribution >= 0.6 is 0 Å². The number of benzene rings is 1. The van der Waals surface area contributed by atoms with E-state index in [-0.39, 0.29) is 12.1 Å². The summed E-state index contributed by atoms with van der Waals surface area (Å²) in [4.78, 5) is 22.0. The van der Waals surface area contributed by atoms with E-state index in [0.29, 0.717) is 11.6 Å². The van der Waals surface area contributed by atoms with Gasteiger partial charge < -0.3 is 10.2 Å². The van der Waals surface area contributed by atoms with Crippen LogP contribution in [0.4, 0.5) is 19.0 Å². The molecule has 122 valence electrons. The molecule has 0 aliphatic rings. The lowest BCUT2D eigenvalue weighted by Gasteiger charge is -2.12. The maximum Gasteiger partial charge on any atom is 0.416 e. The lowest BCUT2D eigenvalue weighted by atomic mass is 10.1. The summed E-state index contributed by atoms with van der Waals surface area (Å²) in [5, 5.41) is 2.58. The Kier molecular flexibility index (Phi) is 4.83. The molecule has 1 aromatic carbocycles. The molecule has 0 unspecified atom stereocenters. The van der Waals surface area contributed by atoms with E-state index < -0.39 is 17.6 Å². The molecule has 0 saturated carbocycles. The summed E-state index contributed by atoms with van der Waals surface area (Å²) in [7, 11) is 3.65. The van der Waals surface area contributed by atoms with Crippen molar-refractivity contribution < 1.29 is 18.0 Å². The van der Waals surface area contributed by atoms with Crippen molar-refractivity contribution in [1.29, 1.82) is 0 Å². The zero-order chi connectivity index (χ0) is 17.0. The van der Waals surface area contributed by atoms with E-state index >= 15 is 0 Å². The van der Waals surface area contributed by atoms with Crippen LogP contribution in [0, 0.1) is 0 Å². The van der Waals surface area contributed by atoms with Gasteiger partial charge in [-0.05, 0) is 30.3 Å². The van der Waals surface area contributed by atoms with Gasteiger partial charge in [-0.1, -0.05) is 0 Å². The molecule has 0 saturated heterocycles. The van der Waals surface area contributed by atoms with Gasteiger partial charge in [-0.15, -0.1) is 0 Å². The fourth-order valence-corrected chi connectivity index (χ4v) is 1.79. The highest BCUT2D eigenvalue weighted by atomic mass is 19.4. The van der Waals surface area contributed by atoms with Crippen molar-refractivity contribution in [3.63, 3.8) is 0 Å². The normalized spacial score (nSPS) is 11.2. The number of rotatable bonds is 4. The quantitative estimate of drug-likeness (QED) is 0.939. The van der Waals surface area contributed by atoms with Crippen LogP contribution in [0.5, 0.6) is 0 Å². The zero-order valence-corrected chi connectivity index (χ0v) is 12.6. The highest BCUT2D eigenvalue weighted by Gasteiger charge is 2.30. The predicted molar refractivity (Wildman–Crippen MR) is 79.0 cm³/mol. The molecule has 2 rings (SSSR count). The van der Waals surface area contributed by atoms with Gasteiger partial charge in [0.05, 0.1) is 12.1 Å². The van der Waals surface area contributed by atoms with Gasteiger partial charge in [0.25, 0.3) is 5.91 Å². The molecule has 0 bridgehead atoms. The minimum atomic E-state index is -4.42. The Morgan fingerprint density at radius 1 is 1.17 bits per heavy atom. The fourth-order valence-electron chi connectivity index (χ4n) is 1.79. The third-order valence-corrected chi connectivity index (χ3v) is 3.03. The van der Waals surface area contributed by atoms with Crippen LogP contribution in [0.3, 0.4) is 0 Å². The second-order valence-electron chi connectivity index (χ2n) is 4.98. The minimum absolute atomic E-state index is 0.0849. The van der Waals surface area contributed by atoms with Crippen molar-refractivity contribution in [2.24, 2.45) is 0 Å². The molecule has 23 heavy (non-hydrogen) atoms. The molecule has 2 aromatic rings. The molecule has 5 nitrogen and oxygen atoms in total. The standard InChI is InChI=1S/C15H15F3N4O/c1-22(2)13-7-8-19-12(21-13)9-20-14(23)10-3-5-11(6-4-10)15(16,17)18/h3-8H,9H2,1-2H3,(H,20,23). The SMILES string of the molecule is CN(C)c1ccnc(CNC(=O)c2ccc(C(F)(F)F)cc2)n1. The van der Waals surface area contributed by atoms with E-state index in [2.05, 4.69) is 15.3 Å². The maximum atomic E-state index is 12.5. The van der Waals surface area contributed by atoms with Crippen LogP contribution in [0.15, 0.2) is 36.5 Å². The molecular formula is C15H15F3N4O. The zero-order valence-electron chi connectivity index (χ0n) is 12.6. The second-order valence-corrected chi connectivity index (χ2v) is 4.98. The first kappa shape index (κ1) is 16.7. The molecule has 0 spiro atoms.